The van der Waals surface area contributed by atoms with Crippen molar-refractivity contribution in [3.05, 3.63) is 66.2 Å². The molecule has 94 valence electrons. The van der Waals surface area contributed by atoms with E-state index in [1.54, 1.807) is 0 Å². The first kappa shape index (κ1) is 13.3. The molecule has 0 N–H and O–H groups in total. The molecule has 0 bridgehead atoms. The van der Waals surface area contributed by atoms with Crippen LogP contribution in [0.1, 0.15) is 18.9 Å². The predicted octanol–water partition coefficient (Wildman–Crippen LogP) is 4.44. The third kappa shape index (κ3) is 3.43. The van der Waals surface area contributed by atoms with Crippen molar-refractivity contribution in [3.8, 4) is 0 Å². The molecule has 0 nitrogen and oxygen atoms in total. The van der Waals surface area contributed by atoms with Gasteiger partial charge in [0.1, 0.15) is 0 Å². The SMILES string of the molecule is CCC(Cc1ccccc1)P(C)c1ccccc1. The van der Waals surface area contributed by atoms with Gasteiger partial charge in [-0.1, -0.05) is 75.5 Å². The van der Waals surface area contributed by atoms with E-state index >= 15 is 0 Å². The van der Waals surface area contributed by atoms with E-state index < -0.39 is 0 Å². The number of hydrogen-bond donors (Lipinski definition) is 0. The van der Waals surface area contributed by atoms with Crippen molar-refractivity contribution in [3.63, 3.8) is 0 Å². The lowest BCUT2D eigenvalue weighted by Crippen LogP contribution is -2.15. The Hall–Kier alpha value is -1.13. The van der Waals surface area contributed by atoms with Crippen molar-refractivity contribution in [2.24, 2.45) is 0 Å². The third-order valence-corrected chi connectivity index (χ3v) is 6.25. The van der Waals surface area contributed by atoms with Crippen molar-refractivity contribution in [2.75, 3.05) is 6.66 Å². The molecule has 0 fully saturated rings. The second-order valence-electron chi connectivity index (χ2n) is 4.70. The van der Waals surface area contributed by atoms with E-state index in [4.69, 9.17) is 0 Å². The minimum Gasteiger partial charge on any atom is -0.0750 e. The van der Waals surface area contributed by atoms with Gasteiger partial charge in [0.15, 0.2) is 0 Å². The highest BCUT2D eigenvalue weighted by molar-refractivity contribution is 7.65. The molecule has 0 aliphatic carbocycles. The predicted molar refractivity (Wildman–Crippen MR) is 83.1 cm³/mol. The Morgan fingerprint density at radius 2 is 1.44 bits per heavy atom. The highest BCUT2D eigenvalue weighted by Gasteiger charge is 2.16. The number of hydrogen-bond acceptors (Lipinski definition) is 0. The molecule has 2 aromatic rings. The highest BCUT2D eigenvalue weighted by Crippen LogP contribution is 2.39. The Kier molecular flexibility index (Phi) is 4.96. The number of rotatable bonds is 5. The van der Waals surface area contributed by atoms with Gasteiger partial charge in [0, 0.05) is 0 Å². The lowest BCUT2D eigenvalue weighted by molar-refractivity contribution is 0.807. The summed E-state index contributed by atoms with van der Waals surface area (Å²) in [4.78, 5) is 0. The zero-order chi connectivity index (χ0) is 12.8. The molecule has 0 aliphatic rings. The van der Waals surface area contributed by atoms with Crippen LogP contribution in [0.15, 0.2) is 60.7 Å². The van der Waals surface area contributed by atoms with Crippen molar-refractivity contribution in [1.29, 1.82) is 0 Å². The minimum absolute atomic E-state index is 0.0629. The summed E-state index contributed by atoms with van der Waals surface area (Å²) in [7, 11) is -0.0629. The largest absolute Gasteiger partial charge is 0.0750 e. The molecule has 2 atom stereocenters. The normalized spacial score (nSPS) is 14.1. The number of benzene rings is 2. The average molecular weight is 256 g/mol. The Morgan fingerprint density at radius 1 is 0.889 bits per heavy atom. The molecule has 0 saturated carbocycles. The van der Waals surface area contributed by atoms with Crippen LogP contribution in [0.25, 0.3) is 0 Å². The van der Waals surface area contributed by atoms with Crippen molar-refractivity contribution < 1.29 is 0 Å². The van der Waals surface area contributed by atoms with E-state index in [9.17, 15) is 0 Å². The molecule has 0 radical (unpaired) electrons. The van der Waals surface area contributed by atoms with Crippen LogP contribution in [-0.2, 0) is 6.42 Å². The maximum atomic E-state index is 2.42. The summed E-state index contributed by atoms with van der Waals surface area (Å²) in [6, 6.07) is 21.8. The van der Waals surface area contributed by atoms with E-state index in [0.717, 1.165) is 5.66 Å². The smallest absolute Gasteiger partial charge is 0.0134 e. The van der Waals surface area contributed by atoms with Gasteiger partial charge in [-0.15, -0.1) is 0 Å². The van der Waals surface area contributed by atoms with Gasteiger partial charge in [0.2, 0.25) is 0 Å². The Bertz CT molecular complexity index is 450. The zero-order valence-corrected chi connectivity index (χ0v) is 12.1. The van der Waals surface area contributed by atoms with Crippen LogP contribution >= 0.6 is 7.92 Å². The molecule has 1 heteroatoms. The second kappa shape index (κ2) is 6.71. The first-order valence-corrected chi connectivity index (χ1v) is 8.49. The third-order valence-electron chi connectivity index (χ3n) is 3.50. The van der Waals surface area contributed by atoms with Crippen LogP contribution in [0, 0.1) is 0 Å². The topological polar surface area (TPSA) is 0 Å². The van der Waals surface area contributed by atoms with E-state index in [2.05, 4.69) is 74.3 Å². The van der Waals surface area contributed by atoms with Gasteiger partial charge in [-0.3, -0.25) is 0 Å². The van der Waals surface area contributed by atoms with Gasteiger partial charge in [0.05, 0.1) is 0 Å². The fourth-order valence-corrected chi connectivity index (χ4v) is 4.41. The molecule has 18 heavy (non-hydrogen) atoms. The molecule has 0 aliphatic heterocycles. The molecule has 2 rings (SSSR count). The average Bonchev–Trinajstić information content (AvgIpc) is 2.46. The van der Waals surface area contributed by atoms with Gasteiger partial charge < -0.3 is 0 Å². The fourth-order valence-electron chi connectivity index (χ4n) is 2.32. The fraction of sp³-hybridized carbons (Fsp3) is 0.294. The van der Waals surface area contributed by atoms with Gasteiger partial charge in [-0.05, 0) is 36.0 Å². The Labute approximate surface area is 112 Å². The molecule has 0 heterocycles. The summed E-state index contributed by atoms with van der Waals surface area (Å²) in [6.07, 6.45) is 2.46. The van der Waals surface area contributed by atoms with Gasteiger partial charge in [0.25, 0.3) is 0 Å². The van der Waals surface area contributed by atoms with Crippen LogP contribution < -0.4 is 5.30 Å². The summed E-state index contributed by atoms with van der Waals surface area (Å²) in [5.41, 5.74) is 2.25. The van der Waals surface area contributed by atoms with Gasteiger partial charge in [-0.25, -0.2) is 0 Å². The van der Waals surface area contributed by atoms with E-state index in [0.29, 0.717) is 0 Å². The van der Waals surface area contributed by atoms with Crippen LogP contribution in [0.2, 0.25) is 0 Å². The Balaban J connectivity index is 2.09. The zero-order valence-electron chi connectivity index (χ0n) is 11.2. The van der Waals surface area contributed by atoms with E-state index in [-0.39, 0.29) is 7.92 Å². The minimum atomic E-state index is -0.0629. The van der Waals surface area contributed by atoms with Crippen LogP contribution in [-0.4, -0.2) is 12.3 Å². The molecule has 2 unspecified atom stereocenters. The van der Waals surface area contributed by atoms with Crippen molar-refractivity contribution in [2.45, 2.75) is 25.4 Å². The van der Waals surface area contributed by atoms with Gasteiger partial charge in [-0.2, -0.15) is 0 Å². The Morgan fingerprint density at radius 3 is 2.00 bits per heavy atom. The summed E-state index contributed by atoms with van der Waals surface area (Å²) in [5, 5.41) is 1.52. The molecule has 2 aromatic carbocycles. The summed E-state index contributed by atoms with van der Waals surface area (Å²) >= 11 is 0. The standard InChI is InChI=1S/C17H21P/c1-3-16(14-15-10-6-4-7-11-15)18(2)17-12-8-5-9-13-17/h4-13,16H,3,14H2,1-2H3. The summed E-state index contributed by atoms with van der Waals surface area (Å²) in [6.45, 7) is 4.73. The molecule has 0 saturated heterocycles. The maximum absolute atomic E-state index is 2.42. The first-order valence-electron chi connectivity index (χ1n) is 6.63. The highest BCUT2D eigenvalue weighted by atomic mass is 31.1. The summed E-state index contributed by atoms with van der Waals surface area (Å²) < 4.78 is 0. The van der Waals surface area contributed by atoms with E-state index in [1.807, 2.05) is 0 Å². The molecule has 0 aromatic heterocycles. The van der Waals surface area contributed by atoms with Gasteiger partial charge >= 0.3 is 0 Å². The maximum Gasteiger partial charge on any atom is -0.0134 e. The van der Waals surface area contributed by atoms with Crippen LogP contribution in [0.3, 0.4) is 0 Å². The lowest BCUT2D eigenvalue weighted by Gasteiger charge is -2.23. The van der Waals surface area contributed by atoms with Crippen LogP contribution in [0.5, 0.6) is 0 Å². The quantitative estimate of drug-likeness (QED) is 0.693. The molecule has 0 amide bonds. The lowest BCUT2D eigenvalue weighted by atomic mass is 10.1. The van der Waals surface area contributed by atoms with Crippen molar-refractivity contribution in [1.82, 2.24) is 0 Å². The first-order chi connectivity index (χ1) is 8.81. The van der Waals surface area contributed by atoms with Crippen LogP contribution in [0.4, 0.5) is 0 Å². The molecular weight excluding hydrogens is 235 g/mol. The monoisotopic (exact) mass is 256 g/mol. The molecular formula is C17H21P. The van der Waals surface area contributed by atoms with E-state index in [1.165, 1.54) is 23.7 Å². The second-order valence-corrected chi connectivity index (χ2v) is 7.17. The van der Waals surface area contributed by atoms with Crippen molar-refractivity contribution >= 4 is 13.2 Å². The summed E-state index contributed by atoms with van der Waals surface area (Å²) in [5.74, 6) is 0. The molecule has 0 spiro atoms.